The molecule has 0 aliphatic carbocycles. The van der Waals surface area contributed by atoms with Crippen molar-refractivity contribution < 1.29 is 9.90 Å². The molecule has 11 heteroatoms. The molecule has 0 saturated carbocycles. The third kappa shape index (κ3) is 5.63. The molecule has 0 unspecified atom stereocenters. The summed E-state index contributed by atoms with van der Waals surface area (Å²) in [6.07, 6.45) is 5.87. The molecule has 0 bridgehead atoms. The number of carboxylic acids is 1. The van der Waals surface area contributed by atoms with Crippen LogP contribution in [0.1, 0.15) is 38.5 Å². The molecular formula is C26H30N8O3. The van der Waals surface area contributed by atoms with Crippen molar-refractivity contribution in [2.75, 3.05) is 41.3 Å². The lowest BCUT2D eigenvalue weighted by Crippen LogP contribution is -2.35. The molecule has 5 rings (SSSR count). The first kappa shape index (κ1) is 24.5. The van der Waals surface area contributed by atoms with Gasteiger partial charge >= 0.3 is 5.97 Å². The second-order valence-corrected chi connectivity index (χ2v) is 9.82. The van der Waals surface area contributed by atoms with Crippen LogP contribution in [0, 0.1) is 23.2 Å². The fraction of sp³-hybridized carbons (Fsp3) is 0.462. The number of anilines is 4. The third-order valence-corrected chi connectivity index (χ3v) is 7.36. The van der Waals surface area contributed by atoms with Crippen LogP contribution in [0.25, 0.3) is 10.9 Å². The minimum Gasteiger partial charge on any atom is -0.481 e. The van der Waals surface area contributed by atoms with Crippen molar-refractivity contribution >= 4 is 40.0 Å². The average Bonchev–Trinajstić information content (AvgIpc) is 2.90. The number of hydrogen-bond acceptors (Lipinski definition) is 9. The van der Waals surface area contributed by atoms with Gasteiger partial charge in [0, 0.05) is 50.4 Å². The topological polar surface area (TPSA) is 151 Å². The van der Waals surface area contributed by atoms with Gasteiger partial charge < -0.3 is 20.2 Å². The standard InChI is InChI=1S/C26H30N8O3/c27-10-5-17-6-13-34(14-7-17)26-30-21-16-28-32-25(37)23(21)24(31-26)29-19-1-3-20(4-2-19)33-11-8-18(9-12-33)15-22(35)36/h1-4,16-18H,5-9,11-15H2,(H,32,37)(H,35,36)(H,29,30,31). The molecule has 1 aromatic carbocycles. The van der Waals surface area contributed by atoms with E-state index in [0.717, 1.165) is 63.2 Å². The molecule has 3 aromatic rings. The zero-order chi connectivity index (χ0) is 25.8. The highest BCUT2D eigenvalue weighted by atomic mass is 16.4. The minimum absolute atomic E-state index is 0.234. The number of piperidine rings is 2. The molecule has 0 atom stereocenters. The van der Waals surface area contributed by atoms with Crippen LogP contribution < -0.4 is 20.7 Å². The average molecular weight is 503 g/mol. The molecule has 0 amide bonds. The largest absolute Gasteiger partial charge is 0.481 e. The van der Waals surface area contributed by atoms with Crippen molar-refractivity contribution in [1.29, 1.82) is 5.26 Å². The van der Waals surface area contributed by atoms with Crippen LogP contribution in [-0.2, 0) is 4.79 Å². The van der Waals surface area contributed by atoms with E-state index in [1.807, 2.05) is 24.3 Å². The highest BCUT2D eigenvalue weighted by Gasteiger charge is 2.24. The van der Waals surface area contributed by atoms with Crippen LogP contribution in [0.4, 0.5) is 23.1 Å². The second kappa shape index (κ2) is 10.8. The summed E-state index contributed by atoms with van der Waals surface area (Å²) in [6, 6.07) is 10.2. The van der Waals surface area contributed by atoms with E-state index in [9.17, 15) is 9.59 Å². The molecule has 0 radical (unpaired) electrons. The summed E-state index contributed by atoms with van der Waals surface area (Å²) in [5.74, 6) is 0.862. The monoisotopic (exact) mass is 502 g/mol. The number of fused-ring (bicyclic) bond motifs is 1. The van der Waals surface area contributed by atoms with Crippen LogP contribution >= 0.6 is 0 Å². The minimum atomic E-state index is -0.729. The number of hydrogen-bond donors (Lipinski definition) is 3. The maximum atomic E-state index is 12.6. The highest BCUT2D eigenvalue weighted by molar-refractivity contribution is 5.90. The lowest BCUT2D eigenvalue weighted by atomic mass is 9.93. The van der Waals surface area contributed by atoms with Gasteiger partial charge in [0.05, 0.1) is 12.3 Å². The number of benzene rings is 1. The zero-order valence-corrected chi connectivity index (χ0v) is 20.6. The third-order valence-electron chi connectivity index (χ3n) is 7.36. The zero-order valence-electron chi connectivity index (χ0n) is 20.6. The van der Waals surface area contributed by atoms with Gasteiger partial charge in [-0.25, -0.2) is 10.1 Å². The normalized spacial score (nSPS) is 17.1. The lowest BCUT2D eigenvalue weighted by Gasteiger charge is -2.33. The van der Waals surface area contributed by atoms with Crippen molar-refractivity contribution in [2.45, 2.75) is 38.5 Å². The molecule has 11 nitrogen and oxygen atoms in total. The van der Waals surface area contributed by atoms with E-state index in [2.05, 4.69) is 36.4 Å². The molecule has 2 aliphatic heterocycles. The number of carboxylic acid groups (broad SMARTS) is 1. The van der Waals surface area contributed by atoms with E-state index in [4.69, 9.17) is 15.4 Å². The molecule has 2 aliphatic rings. The van der Waals surface area contributed by atoms with Crippen LogP contribution in [0.5, 0.6) is 0 Å². The van der Waals surface area contributed by atoms with Gasteiger partial charge in [-0.2, -0.15) is 15.3 Å². The Morgan fingerprint density at radius 1 is 1.05 bits per heavy atom. The summed E-state index contributed by atoms with van der Waals surface area (Å²) in [7, 11) is 0. The summed E-state index contributed by atoms with van der Waals surface area (Å²) < 4.78 is 0. The summed E-state index contributed by atoms with van der Waals surface area (Å²) in [4.78, 5) is 37.3. The van der Waals surface area contributed by atoms with Gasteiger partial charge in [0.2, 0.25) is 5.95 Å². The highest BCUT2D eigenvalue weighted by Crippen LogP contribution is 2.29. The van der Waals surface area contributed by atoms with Crippen molar-refractivity contribution in [2.24, 2.45) is 11.8 Å². The summed E-state index contributed by atoms with van der Waals surface area (Å²) in [6.45, 7) is 3.17. The first-order valence-corrected chi connectivity index (χ1v) is 12.7. The van der Waals surface area contributed by atoms with Gasteiger partial charge in [-0.1, -0.05) is 0 Å². The lowest BCUT2D eigenvalue weighted by molar-refractivity contribution is -0.138. The number of aromatic amines is 1. The molecule has 192 valence electrons. The van der Waals surface area contributed by atoms with Crippen LogP contribution in [0.15, 0.2) is 35.3 Å². The smallest absolute Gasteiger partial charge is 0.303 e. The van der Waals surface area contributed by atoms with Gasteiger partial charge in [0.25, 0.3) is 5.56 Å². The fourth-order valence-electron chi connectivity index (χ4n) is 5.22. The van der Waals surface area contributed by atoms with Crippen molar-refractivity contribution in [3.8, 4) is 6.07 Å². The number of nitrogens with one attached hydrogen (secondary N) is 2. The van der Waals surface area contributed by atoms with Gasteiger partial charge in [0.15, 0.2) is 0 Å². The molecular weight excluding hydrogens is 472 g/mol. The first-order valence-electron chi connectivity index (χ1n) is 12.7. The van der Waals surface area contributed by atoms with E-state index in [1.54, 1.807) is 0 Å². The van der Waals surface area contributed by atoms with E-state index in [-0.39, 0.29) is 17.9 Å². The number of carbonyl (C=O) groups is 1. The van der Waals surface area contributed by atoms with Gasteiger partial charge in [-0.3, -0.25) is 9.59 Å². The van der Waals surface area contributed by atoms with Gasteiger partial charge in [-0.05, 0) is 61.8 Å². The Balaban J connectivity index is 1.33. The maximum absolute atomic E-state index is 12.6. The molecule has 0 spiro atoms. The number of aliphatic carboxylic acids is 1. The van der Waals surface area contributed by atoms with Crippen LogP contribution in [0.2, 0.25) is 0 Å². The number of nitriles is 1. The van der Waals surface area contributed by atoms with Crippen molar-refractivity contribution in [1.82, 2.24) is 20.2 Å². The van der Waals surface area contributed by atoms with Crippen LogP contribution in [-0.4, -0.2) is 57.4 Å². The number of H-pyrrole nitrogens is 1. The van der Waals surface area contributed by atoms with Gasteiger partial charge in [-0.15, -0.1) is 0 Å². The molecule has 2 aromatic heterocycles. The molecule has 2 fully saturated rings. The molecule has 4 heterocycles. The fourth-order valence-corrected chi connectivity index (χ4v) is 5.22. The molecule has 3 N–H and O–H groups in total. The van der Waals surface area contributed by atoms with E-state index in [0.29, 0.717) is 35.0 Å². The Morgan fingerprint density at radius 3 is 2.41 bits per heavy atom. The summed E-state index contributed by atoms with van der Waals surface area (Å²) >= 11 is 0. The van der Waals surface area contributed by atoms with E-state index >= 15 is 0 Å². The van der Waals surface area contributed by atoms with Gasteiger partial charge in [0.1, 0.15) is 16.7 Å². The maximum Gasteiger partial charge on any atom is 0.303 e. The second-order valence-electron chi connectivity index (χ2n) is 9.82. The van der Waals surface area contributed by atoms with E-state index in [1.165, 1.54) is 6.20 Å². The number of nitrogens with zero attached hydrogens (tertiary/aromatic N) is 6. The summed E-state index contributed by atoms with van der Waals surface area (Å²) in [5.41, 5.74) is 1.98. The first-order chi connectivity index (χ1) is 18.0. The SMILES string of the molecule is N#CCC1CCN(c2nc(Nc3ccc(N4CCC(CC(=O)O)CC4)cc3)c3c(=O)[nH]ncc3n2)CC1. The summed E-state index contributed by atoms with van der Waals surface area (Å²) in [5, 5.41) is 28.1. The molecule has 2 saturated heterocycles. The predicted octanol–water partition coefficient (Wildman–Crippen LogP) is 3.28. The number of rotatable bonds is 7. The molecule has 37 heavy (non-hydrogen) atoms. The van der Waals surface area contributed by atoms with E-state index < -0.39 is 5.97 Å². The van der Waals surface area contributed by atoms with Crippen molar-refractivity contribution in [3.05, 3.63) is 40.8 Å². The predicted molar refractivity (Wildman–Crippen MR) is 140 cm³/mol. The Labute approximate surface area is 214 Å². The number of aromatic nitrogens is 4. The van der Waals surface area contributed by atoms with Crippen molar-refractivity contribution in [3.63, 3.8) is 0 Å². The Morgan fingerprint density at radius 2 is 1.73 bits per heavy atom. The Hall–Kier alpha value is -4.20. The quantitative estimate of drug-likeness (QED) is 0.439. The Kier molecular flexibility index (Phi) is 7.16. The van der Waals surface area contributed by atoms with Crippen LogP contribution in [0.3, 0.4) is 0 Å². The Bertz CT molecular complexity index is 1350.